The SMILES string of the molecule is CN(C)[C@H]1CCN(Cc2cc(Nc3nc4ncc(Oc5cnn6ccncc56)c(Cl)c4n3C)cc(C(F)(F)F)c2)C1. The maximum atomic E-state index is 13.8. The van der Waals surface area contributed by atoms with Crippen molar-refractivity contribution >= 4 is 39.9 Å². The summed E-state index contributed by atoms with van der Waals surface area (Å²) in [5.74, 6) is 0.995. The van der Waals surface area contributed by atoms with Gasteiger partial charge in [0.1, 0.15) is 16.1 Å². The summed E-state index contributed by atoms with van der Waals surface area (Å²) in [6.45, 7) is 2.04. The van der Waals surface area contributed by atoms with Crippen LogP contribution in [0.15, 0.2) is 49.2 Å². The highest BCUT2D eigenvalue weighted by Crippen LogP contribution is 2.38. The van der Waals surface area contributed by atoms with Gasteiger partial charge in [-0.1, -0.05) is 11.6 Å². The largest absolute Gasteiger partial charge is 0.450 e. The van der Waals surface area contributed by atoms with Crippen LogP contribution in [0.5, 0.6) is 11.5 Å². The zero-order chi connectivity index (χ0) is 28.9. The van der Waals surface area contributed by atoms with E-state index in [0.717, 1.165) is 25.6 Å². The Hall–Kier alpha value is -3.94. The summed E-state index contributed by atoms with van der Waals surface area (Å²) in [5.41, 5.74) is 1.52. The second-order valence-electron chi connectivity index (χ2n) is 10.3. The number of hydrogen-bond acceptors (Lipinski definition) is 8. The van der Waals surface area contributed by atoms with Gasteiger partial charge in [0.2, 0.25) is 5.95 Å². The Morgan fingerprint density at radius 3 is 2.73 bits per heavy atom. The molecule has 41 heavy (non-hydrogen) atoms. The number of likely N-dealkylation sites (N-methyl/N-ethyl adjacent to an activating group) is 1. The number of alkyl halides is 3. The van der Waals surface area contributed by atoms with Gasteiger partial charge in [-0.2, -0.15) is 23.3 Å². The van der Waals surface area contributed by atoms with E-state index in [4.69, 9.17) is 16.3 Å². The minimum Gasteiger partial charge on any atom is -0.450 e. The van der Waals surface area contributed by atoms with Gasteiger partial charge in [-0.25, -0.2) is 9.50 Å². The number of anilines is 2. The lowest BCUT2D eigenvalue weighted by Crippen LogP contribution is -2.31. The predicted molar refractivity (Wildman–Crippen MR) is 149 cm³/mol. The van der Waals surface area contributed by atoms with Gasteiger partial charge in [0.15, 0.2) is 17.1 Å². The molecule has 1 fully saturated rings. The molecule has 1 N–H and O–H groups in total. The second kappa shape index (κ2) is 10.5. The molecule has 14 heteroatoms. The van der Waals surface area contributed by atoms with Crippen LogP contribution in [0, 0.1) is 0 Å². The van der Waals surface area contributed by atoms with E-state index in [1.54, 1.807) is 47.0 Å². The van der Waals surface area contributed by atoms with Gasteiger partial charge >= 0.3 is 6.18 Å². The number of aromatic nitrogens is 6. The topological polar surface area (TPSA) is 88.6 Å². The van der Waals surface area contributed by atoms with E-state index in [2.05, 4.69) is 35.2 Å². The summed E-state index contributed by atoms with van der Waals surface area (Å²) in [5, 5.41) is 7.52. The number of rotatable bonds is 7. The molecule has 1 atom stereocenters. The first-order valence-corrected chi connectivity index (χ1v) is 13.3. The molecule has 4 aromatic heterocycles. The fraction of sp³-hybridized carbons (Fsp3) is 0.333. The van der Waals surface area contributed by atoms with E-state index in [1.807, 2.05) is 14.1 Å². The van der Waals surface area contributed by atoms with Crippen molar-refractivity contribution in [2.45, 2.75) is 25.2 Å². The molecule has 5 heterocycles. The van der Waals surface area contributed by atoms with E-state index in [9.17, 15) is 13.2 Å². The third-order valence-corrected chi connectivity index (χ3v) is 7.64. The van der Waals surface area contributed by atoms with Crippen molar-refractivity contribution < 1.29 is 17.9 Å². The number of fused-ring (bicyclic) bond motifs is 2. The minimum atomic E-state index is -4.50. The van der Waals surface area contributed by atoms with Crippen LogP contribution in [0.4, 0.5) is 24.8 Å². The van der Waals surface area contributed by atoms with Gasteiger partial charge in [-0.05, 0) is 44.3 Å². The molecule has 6 rings (SSSR count). The quantitative estimate of drug-likeness (QED) is 0.273. The first kappa shape index (κ1) is 27.2. The molecule has 0 unspecified atom stereocenters. The van der Waals surface area contributed by atoms with Crippen molar-refractivity contribution in [1.29, 1.82) is 0 Å². The third-order valence-electron chi connectivity index (χ3n) is 7.27. The molecule has 0 radical (unpaired) electrons. The number of halogens is 4. The second-order valence-corrected chi connectivity index (χ2v) is 10.7. The molecule has 5 aromatic rings. The molecule has 0 amide bonds. The van der Waals surface area contributed by atoms with Crippen molar-refractivity contribution in [3.8, 4) is 11.5 Å². The lowest BCUT2D eigenvalue weighted by atomic mass is 10.1. The molecule has 214 valence electrons. The first-order valence-electron chi connectivity index (χ1n) is 12.9. The van der Waals surface area contributed by atoms with Crippen molar-refractivity contribution in [1.82, 2.24) is 38.9 Å². The monoisotopic (exact) mass is 585 g/mol. The van der Waals surface area contributed by atoms with E-state index in [0.29, 0.717) is 40.6 Å². The van der Waals surface area contributed by atoms with Gasteiger partial charge in [-0.15, -0.1) is 0 Å². The Balaban J connectivity index is 1.29. The van der Waals surface area contributed by atoms with Crippen molar-refractivity contribution in [2.24, 2.45) is 7.05 Å². The third kappa shape index (κ3) is 5.39. The number of imidazole rings is 1. The molecular formula is C27H27ClF3N9O. The van der Waals surface area contributed by atoms with Crippen molar-refractivity contribution in [2.75, 3.05) is 32.5 Å². The van der Waals surface area contributed by atoms with Crippen LogP contribution in [0.25, 0.3) is 16.7 Å². The van der Waals surface area contributed by atoms with Crippen LogP contribution in [0.1, 0.15) is 17.5 Å². The number of nitrogens with one attached hydrogen (secondary N) is 1. The van der Waals surface area contributed by atoms with E-state index in [1.165, 1.54) is 12.3 Å². The fourth-order valence-electron chi connectivity index (χ4n) is 5.09. The predicted octanol–water partition coefficient (Wildman–Crippen LogP) is 5.36. The Morgan fingerprint density at radius 1 is 1.15 bits per heavy atom. The standard InChI is InChI=1S/C27H27ClF3N9O/c1-37(2)19-4-6-39(15-19)14-16-8-17(27(29,30)31)10-18(9-16)35-26-36-25-24(38(26)3)23(28)22(12-33-25)41-21-13-34-40-7-5-32-11-20(21)40/h5,7-13,19H,4,6,14-15H2,1-3H3,(H,33,35,36)/t19-/m0/s1. The van der Waals surface area contributed by atoms with Gasteiger partial charge < -0.3 is 19.5 Å². The molecule has 1 saturated heterocycles. The van der Waals surface area contributed by atoms with Crippen molar-refractivity contribution in [3.63, 3.8) is 0 Å². The normalized spacial score (nSPS) is 16.3. The highest BCUT2D eigenvalue weighted by atomic mass is 35.5. The summed E-state index contributed by atoms with van der Waals surface area (Å²) in [6.07, 6.45) is 4.37. The van der Waals surface area contributed by atoms with Crippen LogP contribution in [-0.4, -0.2) is 72.2 Å². The Kier molecular flexibility index (Phi) is 6.96. The molecule has 0 spiro atoms. The maximum absolute atomic E-state index is 13.8. The number of nitrogens with zero attached hydrogens (tertiary/aromatic N) is 8. The van der Waals surface area contributed by atoms with E-state index < -0.39 is 11.7 Å². The zero-order valence-corrected chi connectivity index (χ0v) is 23.3. The Morgan fingerprint density at radius 2 is 1.98 bits per heavy atom. The van der Waals surface area contributed by atoms with Crippen LogP contribution in [0.2, 0.25) is 5.02 Å². The highest BCUT2D eigenvalue weighted by Gasteiger charge is 2.32. The number of hydrogen-bond donors (Lipinski definition) is 1. The zero-order valence-electron chi connectivity index (χ0n) is 22.5. The van der Waals surface area contributed by atoms with Gasteiger partial charge in [-0.3, -0.25) is 9.88 Å². The first-order chi connectivity index (χ1) is 19.6. The fourth-order valence-corrected chi connectivity index (χ4v) is 5.39. The molecule has 1 aromatic carbocycles. The lowest BCUT2D eigenvalue weighted by molar-refractivity contribution is -0.137. The Bertz CT molecular complexity index is 1730. The smallest absolute Gasteiger partial charge is 0.416 e. The van der Waals surface area contributed by atoms with Gasteiger partial charge in [0.25, 0.3) is 0 Å². The number of likely N-dealkylation sites (tertiary alicyclic amines) is 1. The average Bonchev–Trinajstić information content (AvgIpc) is 3.64. The molecular weight excluding hydrogens is 559 g/mol. The van der Waals surface area contributed by atoms with Gasteiger partial charge in [0.05, 0.1) is 24.2 Å². The summed E-state index contributed by atoms with van der Waals surface area (Å²) < 4.78 is 50.8. The molecule has 1 aliphatic heterocycles. The van der Waals surface area contributed by atoms with E-state index >= 15 is 0 Å². The number of aryl methyl sites for hydroxylation is 1. The average molecular weight is 586 g/mol. The molecule has 0 saturated carbocycles. The molecule has 10 nitrogen and oxygen atoms in total. The molecule has 1 aliphatic rings. The van der Waals surface area contributed by atoms with Gasteiger partial charge in [0, 0.05) is 50.8 Å². The van der Waals surface area contributed by atoms with Crippen LogP contribution in [0.3, 0.4) is 0 Å². The van der Waals surface area contributed by atoms with E-state index in [-0.39, 0.29) is 22.4 Å². The minimum absolute atomic E-state index is 0.246. The summed E-state index contributed by atoms with van der Waals surface area (Å²) in [7, 11) is 5.74. The number of benzene rings is 1. The van der Waals surface area contributed by atoms with Crippen LogP contribution >= 0.6 is 11.6 Å². The lowest BCUT2D eigenvalue weighted by Gasteiger charge is -2.21. The summed E-state index contributed by atoms with van der Waals surface area (Å²) in [6, 6.07) is 4.40. The molecule has 0 aliphatic carbocycles. The van der Waals surface area contributed by atoms with Crippen LogP contribution < -0.4 is 10.1 Å². The highest BCUT2D eigenvalue weighted by molar-refractivity contribution is 6.36. The summed E-state index contributed by atoms with van der Waals surface area (Å²) in [4.78, 5) is 17.3. The summed E-state index contributed by atoms with van der Waals surface area (Å²) >= 11 is 6.72. The van der Waals surface area contributed by atoms with Crippen molar-refractivity contribution in [3.05, 3.63) is 65.3 Å². The Labute approximate surface area is 238 Å². The van der Waals surface area contributed by atoms with Crippen LogP contribution in [-0.2, 0) is 19.8 Å². The maximum Gasteiger partial charge on any atom is 0.416 e. The molecule has 0 bridgehead atoms. The number of pyridine rings is 1. The number of ether oxygens (including phenoxy) is 1.